The minimum atomic E-state index is -4.05. The van der Waals surface area contributed by atoms with Crippen LogP contribution < -0.4 is 4.74 Å². The van der Waals surface area contributed by atoms with Gasteiger partial charge in [-0.15, -0.1) is 0 Å². The molecule has 0 bridgehead atoms. The average molecular weight is 457 g/mol. The average Bonchev–Trinajstić information content (AvgIpc) is 2.79. The first kappa shape index (κ1) is 22.8. The molecule has 3 aromatic carbocycles. The predicted molar refractivity (Wildman–Crippen MR) is 116 cm³/mol. The Morgan fingerprint density at radius 2 is 1.22 bits per heavy atom. The first-order valence-corrected chi connectivity index (χ1v) is 10.8. The Morgan fingerprint density at radius 1 is 0.781 bits per heavy atom. The van der Waals surface area contributed by atoms with Gasteiger partial charge in [0.1, 0.15) is 10.6 Å². The summed E-state index contributed by atoms with van der Waals surface area (Å²) in [5.41, 5.74) is 0.860. The molecule has 0 aliphatic rings. The number of nitro benzene ring substituents is 2. The molecule has 3 aromatic rings. The predicted octanol–water partition coefficient (Wildman–Crippen LogP) is 3.90. The van der Waals surface area contributed by atoms with Gasteiger partial charge in [-0.3, -0.25) is 20.2 Å². The molecule has 0 atom stereocenters. The number of sulfonamides is 1. The van der Waals surface area contributed by atoms with Gasteiger partial charge in [-0.1, -0.05) is 36.4 Å². The smallest absolute Gasteiger partial charge is 0.269 e. The number of hydrogen-bond donors (Lipinski definition) is 0. The van der Waals surface area contributed by atoms with Gasteiger partial charge in [0.2, 0.25) is 10.0 Å². The van der Waals surface area contributed by atoms with Crippen LogP contribution in [-0.4, -0.2) is 29.7 Å². The minimum absolute atomic E-state index is 0.0358. The zero-order valence-corrected chi connectivity index (χ0v) is 17.8. The summed E-state index contributed by atoms with van der Waals surface area (Å²) in [6, 6.07) is 17.3. The van der Waals surface area contributed by atoms with Crippen molar-refractivity contribution in [3.63, 3.8) is 0 Å². The minimum Gasteiger partial charge on any atom is -0.495 e. The molecule has 10 nitrogen and oxygen atoms in total. The summed E-state index contributed by atoms with van der Waals surface area (Å²) in [5, 5.41) is 21.8. The highest BCUT2D eigenvalue weighted by Crippen LogP contribution is 2.29. The third-order valence-electron chi connectivity index (χ3n) is 4.70. The quantitative estimate of drug-likeness (QED) is 0.351. The monoisotopic (exact) mass is 457 g/mol. The molecule has 0 radical (unpaired) electrons. The molecule has 0 aliphatic heterocycles. The molecule has 0 fully saturated rings. The van der Waals surface area contributed by atoms with Crippen LogP contribution in [0, 0.1) is 20.2 Å². The van der Waals surface area contributed by atoms with E-state index >= 15 is 0 Å². The standard InChI is InChI=1S/C21H19N3O7S/c1-31-20-4-2-3-5-21(20)32(29,30)22(14-16-6-10-18(11-7-16)23(25)26)15-17-8-12-19(13-9-17)24(27)28/h2-13H,14-15H2,1H3. The Bertz CT molecular complexity index is 1170. The maximum Gasteiger partial charge on any atom is 0.269 e. The third kappa shape index (κ3) is 5.07. The van der Waals surface area contributed by atoms with Gasteiger partial charge in [-0.25, -0.2) is 8.42 Å². The summed E-state index contributed by atoms with van der Waals surface area (Å²) in [5.74, 6) is 0.171. The van der Waals surface area contributed by atoms with Crippen LogP contribution in [0.1, 0.15) is 11.1 Å². The first-order valence-electron chi connectivity index (χ1n) is 9.32. The Balaban J connectivity index is 1.99. The second-order valence-electron chi connectivity index (χ2n) is 6.77. The van der Waals surface area contributed by atoms with Crippen LogP contribution >= 0.6 is 0 Å². The second kappa shape index (κ2) is 9.54. The molecule has 0 spiro atoms. The van der Waals surface area contributed by atoms with Gasteiger partial charge in [-0.05, 0) is 23.3 Å². The lowest BCUT2D eigenvalue weighted by molar-refractivity contribution is -0.385. The number of non-ortho nitro benzene ring substituents is 2. The molecule has 0 saturated carbocycles. The van der Waals surface area contributed by atoms with Crippen molar-refractivity contribution >= 4 is 21.4 Å². The Morgan fingerprint density at radius 3 is 1.62 bits per heavy atom. The van der Waals surface area contributed by atoms with E-state index in [0.29, 0.717) is 11.1 Å². The van der Waals surface area contributed by atoms with Crippen LogP contribution in [0.25, 0.3) is 0 Å². The number of benzene rings is 3. The highest BCUT2D eigenvalue weighted by Gasteiger charge is 2.28. The van der Waals surface area contributed by atoms with Crippen molar-refractivity contribution in [1.82, 2.24) is 4.31 Å². The summed E-state index contributed by atoms with van der Waals surface area (Å²) in [4.78, 5) is 20.7. The molecular formula is C21H19N3O7S. The van der Waals surface area contributed by atoms with Crippen LogP contribution in [-0.2, 0) is 23.1 Å². The Kier molecular flexibility index (Phi) is 6.81. The van der Waals surface area contributed by atoms with E-state index in [0.717, 1.165) is 0 Å². The third-order valence-corrected chi connectivity index (χ3v) is 6.53. The number of para-hydroxylation sites is 1. The molecule has 11 heteroatoms. The van der Waals surface area contributed by atoms with Crippen molar-refractivity contribution in [2.45, 2.75) is 18.0 Å². The fourth-order valence-electron chi connectivity index (χ4n) is 3.05. The van der Waals surface area contributed by atoms with Gasteiger partial charge in [-0.2, -0.15) is 4.31 Å². The SMILES string of the molecule is COc1ccccc1S(=O)(=O)N(Cc1ccc([N+](=O)[O-])cc1)Cc1ccc([N+](=O)[O-])cc1. The van der Waals surface area contributed by atoms with Crippen LogP contribution in [0.3, 0.4) is 0 Å². The molecule has 0 aliphatic carbocycles. The fourth-order valence-corrected chi connectivity index (χ4v) is 4.62. The van der Waals surface area contributed by atoms with Gasteiger partial charge in [0, 0.05) is 37.4 Å². The zero-order valence-electron chi connectivity index (χ0n) is 17.0. The van der Waals surface area contributed by atoms with Crippen molar-refractivity contribution in [2.75, 3.05) is 7.11 Å². The highest BCUT2D eigenvalue weighted by atomic mass is 32.2. The largest absolute Gasteiger partial charge is 0.495 e. The zero-order chi connectivity index (χ0) is 23.3. The lowest BCUT2D eigenvalue weighted by atomic mass is 10.2. The van der Waals surface area contributed by atoms with Gasteiger partial charge < -0.3 is 4.74 Å². The van der Waals surface area contributed by atoms with E-state index < -0.39 is 19.9 Å². The lowest BCUT2D eigenvalue weighted by Crippen LogP contribution is -2.30. The maximum absolute atomic E-state index is 13.5. The van der Waals surface area contributed by atoms with Gasteiger partial charge >= 0.3 is 0 Å². The van der Waals surface area contributed by atoms with E-state index in [2.05, 4.69) is 0 Å². The number of methoxy groups -OCH3 is 1. The second-order valence-corrected chi connectivity index (χ2v) is 8.68. The van der Waals surface area contributed by atoms with E-state index in [1.165, 1.54) is 72.1 Å². The van der Waals surface area contributed by atoms with Crippen LogP contribution in [0.2, 0.25) is 0 Å². The molecule has 0 saturated heterocycles. The van der Waals surface area contributed by atoms with E-state index in [1.54, 1.807) is 12.1 Å². The van der Waals surface area contributed by atoms with E-state index in [4.69, 9.17) is 4.74 Å². The molecule has 0 amide bonds. The lowest BCUT2D eigenvalue weighted by Gasteiger charge is -2.23. The van der Waals surface area contributed by atoms with Crippen LogP contribution in [0.4, 0.5) is 11.4 Å². The van der Waals surface area contributed by atoms with Crippen molar-refractivity contribution in [1.29, 1.82) is 0 Å². The molecule has 0 unspecified atom stereocenters. The van der Waals surface area contributed by atoms with Gasteiger partial charge in [0.25, 0.3) is 11.4 Å². The fraction of sp³-hybridized carbons (Fsp3) is 0.143. The number of rotatable bonds is 9. The van der Waals surface area contributed by atoms with Crippen molar-refractivity contribution in [2.24, 2.45) is 0 Å². The molecule has 3 rings (SSSR count). The summed E-state index contributed by atoms with van der Waals surface area (Å²) >= 11 is 0. The molecule has 166 valence electrons. The van der Waals surface area contributed by atoms with E-state index in [-0.39, 0.29) is 35.1 Å². The van der Waals surface area contributed by atoms with Crippen molar-refractivity contribution in [3.05, 3.63) is 104 Å². The first-order chi connectivity index (χ1) is 15.2. The van der Waals surface area contributed by atoms with E-state index in [1.807, 2.05) is 0 Å². The number of nitro groups is 2. The normalized spacial score (nSPS) is 11.3. The van der Waals surface area contributed by atoms with Crippen molar-refractivity contribution < 1.29 is 23.0 Å². The summed E-state index contributed by atoms with van der Waals surface area (Å²) in [7, 11) is -2.69. The number of hydrogen-bond acceptors (Lipinski definition) is 7. The highest BCUT2D eigenvalue weighted by molar-refractivity contribution is 7.89. The topological polar surface area (TPSA) is 133 Å². The molecule has 0 heterocycles. The number of nitrogens with zero attached hydrogens (tertiary/aromatic N) is 3. The van der Waals surface area contributed by atoms with Gasteiger partial charge in [0.05, 0.1) is 17.0 Å². The van der Waals surface area contributed by atoms with Gasteiger partial charge in [0.15, 0.2) is 0 Å². The molecule has 0 aromatic heterocycles. The summed E-state index contributed by atoms with van der Waals surface area (Å²) in [6.07, 6.45) is 0. The van der Waals surface area contributed by atoms with Crippen LogP contribution in [0.15, 0.2) is 77.7 Å². The molecular weight excluding hydrogens is 438 g/mol. The van der Waals surface area contributed by atoms with Crippen molar-refractivity contribution in [3.8, 4) is 5.75 Å². The number of ether oxygens (including phenoxy) is 1. The van der Waals surface area contributed by atoms with Crippen LogP contribution in [0.5, 0.6) is 5.75 Å². The molecule has 32 heavy (non-hydrogen) atoms. The summed E-state index contributed by atoms with van der Waals surface area (Å²) < 4.78 is 33.4. The Labute approximate surface area is 184 Å². The summed E-state index contributed by atoms with van der Waals surface area (Å²) in [6.45, 7) is -0.148. The maximum atomic E-state index is 13.5. The molecule has 0 N–H and O–H groups in total. The van der Waals surface area contributed by atoms with E-state index in [9.17, 15) is 28.6 Å². The Hall–Kier alpha value is -3.83.